The first-order valence-corrected chi connectivity index (χ1v) is 18.4. The number of hydrogen-bond donors (Lipinski definition) is 2. The van der Waals surface area contributed by atoms with Crippen LogP contribution in [0.15, 0.2) is 24.4 Å². The maximum atomic E-state index is 16.2. The average molecular weight is 631 g/mol. The SMILES string of the molecule is COC(=O)CCCCN1C(=O)[C@@]2(O[C@@H](CCn3cc(CCO)nn3)[C@H]([Si](C)(C)F)[C@H]2C)c2cc(N3CCNCC3=O)ccc21. The molecule has 2 N–H and O–H groups in total. The molecule has 5 rings (SSSR count). The Labute approximate surface area is 258 Å². The van der Waals surface area contributed by atoms with Crippen molar-refractivity contribution in [2.24, 2.45) is 5.92 Å². The van der Waals surface area contributed by atoms with E-state index in [4.69, 9.17) is 9.47 Å². The Morgan fingerprint density at radius 2 is 2.07 bits per heavy atom. The lowest BCUT2D eigenvalue weighted by atomic mass is 9.82. The minimum Gasteiger partial charge on any atom is -0.469 e. The Bertz CT molecular complexity index is 1380. The number of amides is 2. The topological polar surface area (TPSA) is 139 Å². The summed E-state index contributed by atoms with van der Waals surface area (Å²) in [5, 5.41) is 20.6. The van der Waals surface area contributed by atoms with E-state index >= 15 is 4.11 Å². The maximum absolute atomic E-state index is 16.2. The Balaban J connectivity index is 1.49. The minimum absolute atomic E-state index is 0.0313. The summed E-state index contributed by atoms with van der Waals surface area (Å²) in [6.07, 6.45) is 3.41. The molecule has 2 amide bonds. The fourth-order valence-electron chi connectivity index (χ4n) is 7.15. The van der Waals surface area contributed by atoms with Gasteiger partial charge in [-0.05, 0) is 50.6 Å². The Morgan fingerprint density at radius 1 is 1.27 bits per heavy atom. The third-order valence-electron chi connectivity index (χ3n) is 9.18. The van der Waals surface area contributed by atoms with Crippen LogP contribution in [0, 0.1) is 5.92 Å². The average Bonchev–Trinajstić information content (AvgIpc) is 3.63. The number of ether oxygens (including phenoxy) is 2. The van der Waals surface area contributed by atoms with Gasteiger partial charge in [-0.2, -0.15) is 0 Å². The van der Waals surface area contributed by atoms with Crippen molar-refractivity contribution in [3.63, 3.8) is 0 Å². The van der Waals surface area contributed by atoms with Crippen LogP contribution < -0.4 is 15.1 Å². The van der Waals surface area contributed by atoms with Crippen molar-refractivity contribution >= 4 is 37.6 Å². The first-order valence-electron chi connectivity index (χ1n) is 15.4. The van der Waals surface area contributed by atoms with E-state index in [1.54, 1.807) is 33.8 Å². The summed E-state index contributed by atoms with van der Waals surface area (Å²) in [4.78, 5) is 42.5. The molecule has 2 fully saturated rings. The second-order valence-electron chi connectivity index (χ2n) is 12.4. The molecular formula is C30H43FN6O6Si. The van der Waals surface area contributed by atoms with Gasteiger partial charge in [0.05, 0.1) is 31.1 Å². The Kier molecular flexibility index (Phi) is 9.54. The van der Waals surface area contributed by atoms with Crippen molar-refractivity contribution in [1.82, 2.24) is 20.3 Å². The molecule has 1 aromatic heterocycles. The van der Waals surface area contributed by atoms with E-state index in [9.17, 15) is 19.5 Å². The van der Waals surface area contributed by atoms with E-state index in [1.165, 1.54) is 7.11 Å². The molecule has 0 unspecified atom stereocenters. The maximum Gasteiger partial charge on any atom is 0.305 e. The molecule has 1 spiro atoms. The quantitative estimate of drug-likeness (QED) is 0.157. The summed E-state index contributed by atoms with van der Waals surface area (Å²) in [5.41, 5.74) is 0.794. The lowest BCUT2D eigenvalue weighted by Crippen LogP contribution is -2.48. The van der Waals surface area contributed by atoms with Crippen LogP contribution in [0.4, 0.5) is 15.5 Å². The molecule has 1 aromatic carbocycles. The zero-order valence-corrected chi connectivity index (χ0v) is 26.9. The van der Waals surface area contributed by atoms with Crippen LogP contribution >= 0.6 is 0 Å². The number of benzene rings is 1. The second-order valence-corrected chi connectivity index (χ2v) is 16.2. The standard InChI is InChI=1S/C30H43FN6O6Si/c1-20-28(44(3,4)31)25(10-14-35-19-21(11-16-38)33-34-35)43-30(20)23-17-22(36-15-12-32-18-26(36)39)8-9-24(23)37(29(30)41)13-6-5-7-27(40)42-2/h8-9,17,19-20,25,28,32,38H,5-7,10-16,18H2,1-4H3/t20-,25+,28-,30+/m1/s1. The zero-order chi connectivity index (χ0) is 31.6. The third-order valence-corrected chi connectivity index (χ3v) is 11.6. The van der Waals surface area contributed by atoms with Crippen molar-refractivity contribution in [2.75, 3.05) is 49.7 Å². The number of aliphatic hydroxyl groups excluding tert-OH is 1. The number of halogens is 1. The minimum atomic E-state index is -3.37. The normalized spacial score (nSPS) is 25.3. The number of fused-ring (bicyclic) bond motifs is 2. The van der Waals surface area contributed by atoms with Gasteiger partial charge in [-0.25, -0.2) is 0 Å². The number of anilines is 2. The summed E-state index contributed by atoms with van der Waals surface area (Å²) in [5.74, 6) is -1.07. The van der Waals surface area contributed by atoms with E-state index < -0.39 is 31.6 Å². The molecular weight excluding hydrogens is 587 g/mol. The molecule has 240 valence electrons. The molecule has 3 aliphatic rings. The first kappa shape index (κ1) is 32.2. The second kappa shape index (κ2) is 13.0. The molecule has 3 aliphatic heterocycles. The van der Waals surface area contributed by atoms with Gasteiger partial charge >= 0.3 is 5.97 Å². The van der Waals surface area contributed by atoms with Crippen molar-refractivity contribution < 1.29 is 33.1 Å². The van der Waals surface area contributed by atoms with Gasteiger partial charge in [0.2, 0.25) is 14.3 Å². The molecule has 14 heteroatoms. The fraction of sp³-hybridized carbons (Fsp3) is 0.633. The molecule has 4 heterocycles. The number of aliphatic hydroxyl groups is 1. The number of carbonyl (C=O) groups excluding carboxylic acids is 3. The highest BCUT2D eigenvalue weighted by molar-refractivity contribution is 6.72. The van der Waals surface area contributed by atoms with Crippen LogP contribution in [-0.4, -0.2) is 92.3 Å². The van der Waals surface area contributed by atoms with E-state index in [2.05, 4.69) is 15.6 Å². The van der Waals surface area contributed by atoms with Crippen LogP contribution in [0.2, 0.25) is 18.6 Å². The van der Waals surface area contributed by atoms with Gasteiger partial charge in [-0.15, -0.1) is 5.10 Å². The zero-order valence-electron chi connectivity index (χ0n) is 25.9. The van der Waals surface area contributed by atoms with Gasteiger partial charge in [-0.3, -0.25) is 19.1 Å². The number of piperazine rings is 1. The Morgan fingerprint density at radius 3 is 2.77 bits per heavy atom. The summed E-state index contributed by atoms with van der Waals surface area (Å²) in [7, 11) is -2.01. The lowest BCUT2D eigenvalue weighted by molar-refractivity contribution is -0.146. The lowest BCUT2D eigenvalue weighted by Gasteiger charge is -2.32. The van der Waals surface area contributed by atoms with Gasteiger partial charge < -0.3 is 33.8 Å². The summed E-state index contributed by atoms with van der Waals surface area (Å²) in [6, 6.07) is 5.60. The number of carbonyl (C=O) groups is 3. The van der Waals surface area contributed by atoms with Gasteiger partial charge in [0.1, 0.15) is 0 Å². The molecule has 2 aromatic rings. The number of aryl methyl sites for hydroxylation is 1. The number of esters is 1. The third kappa shape index (κ3) is 6.04. The highest BCUT2D eigenvalue weighted by Crippen LogP contribution is 2.60. The van der Waals surface area contributed by atoms with E-state index in [0.717, 1.165) is 0 Å². The van der Waals surface area contributed by atoms with Crippen molar-refractivity contribution in [3.8, 4) is 0 Å². The molecule has 0 bridgehead atoms. The van der Waals surface area contributed by atoms with Crippen LogP contribution in [-0.2, 0) is 42.4 Å². The van der Waals surface area contributed by atoms with E-state index in [1.807, 2.05) is 25.1 Å². The van der Waals surface area contributed by atoms with E-state index in [-0.39, 0.29) is 37.4 Å². The number of aromatic nitrogens is 3. The molecule has 0 saturated carbocycles. The van der Waals surface area contributed by atoms with Gasteiger partial charge in [-0.1, -0.05) is 12.1 Å². The molecule has 44 heavy (non-hydrogen) atoms. The molecule has 4 atom stereocenters. The monoisotopic (exact) mass is 630 g/mol. The fourth-order valence-corrected chi connectivity index (χ4v) is 9.69. The predicted molar refractivity (Wildman–Crippen MR) is 163 cm³/mol. The highest BCUT2D eigenvalue weighted by atomic mass is 28.4. The first-order chi connectivity index (χ1) is 21.0. The molecule has 0 aliphatic carbocycles. The molecule has 0 radical (unpaired) electrons. The number of hydrogen-bond acceptors (Lipinski definition) is 9. The molecule has 12 nitrogen and oxygen atoms in total. The largest absolute Gasteiger partial charge is 0.469 e. The summed E-state index contributed by atoms with van der Waals surface area (Å²) >= 11 is 0. The summed E-state index contributed by atoms with van der Waals surface area (Å²) in [6.45, 7) is 7.38. The van der Waals surface area contributed by atoms with Crippen LogP contribution in [0.3, 0.4) is 0 Å². The van der Waals surface area contributed by atoms with Crippen LogP contribution in [0.25, 0.3) is 0 Å². The number of rotatable bonds is 12. The highest BCUT2D eigenvalue weighted by Gasteiger charge is 2.66. The van der Waals surface area contributed by atoms with Gasteiger partial charge in [0.25, 0.3) is 5.91 Å². The Hall–Kier alpha value is -3.20. The van der Waals surface area contributed by atoms with Gasteiger partial charge in [0.15, 0.2) is 5.60 Å². The van der Waals surface area contributed by atoms with Crippen molar-refractivity contribution in [3.05, 3.63) is 35.7 Å². The summed E-state index contributed by atoms with van der Waals surface area (Å²) < 4.78 is 29.5. The van der Waals surface area contributed by atoms with E-state index in [0.29, 0.717) is 74.5 Å². The van der Waals surface area contributed by atoms with Gasteiger partial charge in [0, 0.05) is 74.5 Å². The number of nitrogens with zero attached hydrogens (tertiary/aromatic N) is 5. The van der Waals surface area contributed by atoms with Crippen molar-refractivity contribution in [1.29, 1.82) is 0 Å². The van der Waals surface area contributed by atoms with Crippen molar-refractivity contribution in [2.45, 2.75) is 75.9 Å². The number of nitrogens with one attached hydrogen (secondary N) is 1. The van der Waals surface area contributed by atoms with Crippen LogP contribution in [0.1, 0.15) is 43.9 Å². The smallest absolute Gasteiger partial charge is 0.305 e. The predicted octanol–water partition coefficient (Wildman–Crippen LogP) is 2.30. The van der Waals surface area contributed by atoms with Crippen LogP contribution in [0.5, 0.6) is 0 Å². The number of methoxy groups -OCH3 is 1. The number of unbranched alkanes of at least 4 members (excludes halogenated alkanes) is 1. The molecule has 2 saturated heterocycles.